The summed E-state index contributed by atoms with van der Waals surface area (Å²) in [7, 11) is 0. The van der Waals surface area contributed by atoms with Gasteiger partial charge in [0.2, 0.25) is 0 Å². The molecule has 0 aliphatic rings. The second-order valence-corrected chi connectivity index (χ2v) is 6.80. The fourth-order valence-corrected chi connectivity index (χ4v) is 2.80. The highest BCUT2D eigenvalue weighted by Crippen LogP contribution is 2.14. The zero-order chi connectivity index (χ0) is 19.9. The molecule has 2 aromatic rings. The predicted molar refractivity (Wildman–Crippen MR) is 114 cm³/mol. The van der Waals surface area contributed by atoms with E-state index in [1.54, 1.807) is 18.3 Å². The van der Waals surface area contributed by atoms with Crippen molar-refractivity contribution in [3.8, 4) is 5.75 Å². The maximum Gasteiger partial charge on any atom is 0.271 e. The van der Waals surface area contributed by atoms with Crippen molar-refractivity contribution in [3.05, 3.63) is 59.9 Å². The van der Waals surface area contributed by atoms with E-state index in [9.17, 15) is 4.79 Å². The average molecular weight is 382 g/mol. The van der Waals surface area contributed by atoms with Gasteiger partial charge in [-0.3, -0.25) is 9.78 Å². The third-order valence-corrected chi connectivity index (χ3v) is 4.43. The Morgan fingerprint density at radius 2 is 1.71 bits per heavy atom. The molecule has 1 aromatic carbocycles. The van der Waals surface area contributed by atoms with Crippen LogP contribution in [0.2, 0.25) is 0 Å². The Labute approximate surface area is 168 Å². The number of hydrazone groups is 1. The van der Waals surface area contributed by atoms with Gasteiger partial charge in [0.05, 0.1) is 18.5 Å². The Morgan fingerprint density at radius 3 is 2.39 bits per heavy atom. The zero-order valence-corrected chi connectivity index (χ0v) is 16.8. The average Bonchev–Trinajstić information content (AvgIpc) is 2.74. The maximum atomic E-state index is 12.1. The van der Waals surface area contributed by atoms with Gasteiger partial charge in [-0.2, -0.15) is 5.10 Å². The minimum Gasteiger partial charge on any atom is -0.494 e. The number of nitrogens with one attached hydrogen (secondary N) is 1. The van der Waals surface area contributed by atoms with E-state index in [4.69, 9.17) is 4.74 Å². The van der Waals surface area contributed by atoms with Crippen LogP contribution >= 0.6 is 0 Å². The Bertz CT molecular complexity index is 700. The third-order valence-electron chi connectivity index (χ3n) is 4.43. The summed E-state index contributed by atoms with van der Waals surface area (Å²) >= 11 is 0. The molecule has 0 saturated carbocycles. The summed E-state index contributed by atoms with van der Waals surface area (Å²) in [6, 6.07) is 12.6. The number of aromatic nitrogens is 1. The smallest absolute Gasteiger partial charge is 0.271 e. The Balaban J connectivity index is 1.61. The van der Waals surface area contributed by atoms with Gasteiger partial charge in [0.15, 0.2) is 0 Å². The van der Waals surface area contributed by atoms with Gasteiger partial charge >= 0.3 is 0 Å². The molecule has 0 atom stereocenters. The number of carbonyl (C=O) groups excluding carboxylic acids is 1. The van der Waals surface area contributed by atoms with Crippen LogP contribution < -0.4 is 10.2 Å². The van der Waals surface area contributed by atoms with Crippen molar-refractivity contribution in [1.82, 2.24) is 10.4 Å². The van der Waals surface area contributed by atoms with Crippen molar-refractivity contribution in [1.29, 1.82) is 0 Å². The normalized spacial score (nSPS) is 10.9. The fourth-order valence-electron chi connectivity index (χ4n) is 2.80. The molecule has 5 heteroatoms. The van der Waals surface area contributed by atoms with Crippen molar-refractivity contribution in [2.24, 2.45) is 5.10 Å². The number of rotatable bonds is 13. The van der Waals surface area contributed by atoms with E-state index in [2.05, 4.69) is 22.4 Å². The third kappa shape index (κ3) is 8.80. The lowest BCUT2D eigenvalue weighted by atomic mass is 10.1. The molecular weight excluding hydrogens is 350 g/mol. The molecule has 0 spiro atoms. The lowest BCUT2D eigenvalue weighted by molar-refractivity contribution is 0.0955. The molecular formula is C23H31N3O2. The van der Waals surface area contributed by atoms with Gasteiger partial charge in [-0.25, -0.2) is 5.43 Å². The predicted octanol–water partition coefficient (Wildman–Crippen LogP) is 5.37. The highest BCUT2D eigenvalue weighted by molar-refractivity contribution is 5.94. The number of ether oxygens (including phenoxy) is 1. The summed E-state index contributed by atoms with van der Waals surface area (Å²) in [5.74, 6) is 0.526. The van der Waals surface area contributed by atoms with Gasteiger partial charge in [-0.15, -0.1) is 0 Å². The van der Waals surface area contributed by atoms with E-state index in [0.29, 0.717) is 11.3 Å². The number of pyridine rings is 1. The molecule has 0 bridgehead atoms. The minimum absolute atomic E-state index is 0.262. The van der Waals surface area contributed by atoms with Crippen molar-refractivity contribution in [2.75, 3.05) is 6.61 Å². The number of unbranched alkanes of at least 4 members (excludes halogenated alkanes) is 7. The zero-order valence-electron chi connectivity index (χ0n) is 16.8. The van der Waals surface area contributed by atoms with Crippen LogP contribution in [0, 0.1) is 0 Å². The van der Waals surface area contributed by atoms with Crippen LogP contribution in [0.25, 0.3) is 0 Å². The molecule has 1 amide bonds. The number of benzene rings is 1. The summed E-state index contributed by atoms with van der Waals surface area (Å²) in [6.45, 7) is 2.96. The van der Waals surface area contributed by atoms with E-state index in [1.807, 2.05) is 30.3 Å². The van der Waals surface area contributed by atoms with Gasteiger partial charge in [0.1, 0.15) is 5.75 Å². The Hall–Kier alpha value is -2.69. The monoisotopic (exact) mass is 381 g/mol. The second kappa shape index (κ2) is 13.5. The molecule has 150 valence electrons. The van der Waals surface area contributed by atoms with E-state index in [1.165, 1.54) is 51.2 Å². The van der Waals surface area contributed by atoms with Gasteiger partial charge < -0.3 is 4.74 Å². The maximum absolute atomic E-state index is 12.1. The summed E-state index contributed by atoms with van der Waals surface area (Å²) in [5, 5.41) is 3.92. The highest BCUT2D eigenvalue weighted by Gasteiger charge is 2.04. The molecule has 1 aromatic heterocycles. The van der Waals surface area contributed by atoms with E-state index in [-0.39, 0.29) is 5.91 Å². The molecule has 0 aliphatic heterocycles. The van der Waals surface area contributed by atoms with Gasteiger partial charge in [-0.1, -0.05) is 57.9 Å². The number of amides is 1. The molecule has 1 heterocycles. The SMILES string of the molecule is CCCCCCCCCCOc1ccc(C(=O)N/N=C/c2ccccn2)cc1. The first-order valence-corrected chi connectivity index (χ1v) is 10.3. The largest absolute Gasteiger partial charge is 0.494 e. The van der Waals surface area contributed by atoms with Crippen LogP contribution in [-0.4, -0.2) is 23.7 Å². The first kappa shape index (κ1) is 21.6. The molecule has 5 nitrogen and oxygen atoms in total. The van der Waals surface area contributed by atoms with Gasteiger partial charge in [0, 0.05) is 11.8 Å². The van der Waals surface area contributed by atoms with Crippen molar-refractivity contribution in [2.45, 2.75) is 58.3 Å². The summed E-state index contributed by atoms with van der Waals surface area (Å²) in [4.78, 5) is 16.2. The number of hydrogen-bond acceptors (Lipinski definition) is 4. The van der Waals surface area contributed by atoms with Gasteiger partial charge in [-0.05, 0) is 42.8 Å². The number of carbonyl (C=O) groups is 1. The molecule has 0 unspecified atom stereocenters. The van der Waals surface area contributed by atoms with Crippen molar-refractivity contribution < 1.29 is 9.53 Å². The molecule has 0 aliphatic carbocycles. The highest BCUT2D eigenvalue weighted by atomic mass is 16.5. The summed E-state index contributed by atoms with van der Waals surface area (Å²) < 4.78 is 5.76. The topological polar surface area (TPSA) is 63.6 Å². The standard InChI is InChI=1S/C23H31N3O2/c1-2-3-4-5-6-7-8-11-18-28-22-15-13-20(14-16-22)23(27)26-25-19-21-12-9-10-17-24-21/h9-10,12-17,19H,2-8,11,18H2,1H3,(H,26,27)/b25-19+. The van der Waals surface area contributed by atoms with E-state index in [0.717, 1.165) is 18.8 Å². The van der Waals surface area contributed by atoms with E-state index >= 15 is 0 Å². The summed E-state index contributed by atoms with van der Waals surface area (Å²) in [6.07, 6.45) is 13.4. The first-order chi connectivity index (χ1) is 13.8. The van der Waals surface area contributed by atoms with Crippen LogP contribution in [0.15, 0.2) is 53.8 Å². The molecule has 0 saturated heterocycles. The van der Waals surface area contributed by atoms with Crippen LogP contribution in [-0.2, 0) is 0 Å². The second-order valence-electron chi connectivity index (χ2n) is 6.80. The van der Waals surface area contributed by atoms with Crippen LogP contribution in [0.5, 0.6) is 5.75 Å². The Morgan fingerprint density at radius 1 is 1.00 bits per heavy atom. The lowest BCUT2D eigenvalue weighted by Crippen LogP contribution is -2.17. The van der Waals surface area contributed by atoms with Crippen molar-refractivity contribution >= 4 is 12.1 Å². The number of nitrogens with zero attached hydrogens (tertiary/aromatic N) is 2. The molecule has 0 radical (unpaired) electrons. The fraction of sp³-hybridized carbons (Fsp3) is 0.435. The first-order valence-electron chi connectivity index (χ1n) is 10.3. The van der Waals surface area contributed by atoms with Gasteiger partial charge in [0.25, 0.3) is 5.91 Å². The minimum atomic E-state index is -0.262. The molecule has 2 rings (SSSR count). The molecule has 28 heavy (non-hydrogen) atoms. The summed E-state index contributed by atoms with van der Waals surface area (Å²) in [5.41, 5.74) is 3.73. The Kier molecular flexibility index (Phi) is 10.4. The lowest BCUT2D eigenvalue weighted by Gasteiger charge is -2.07. The van der Waals surface area contributed by atoms with Crippen molar-refractivity contribution in [3.63, 3.8) is 0 Å². The van der Waals surface area contributed by atoms with Crippen LogP contribution in [0.3, 0.4) is 0 Å². The molecule has 0 fully saturated rings. The van der Waals surface area contributed by atoms with Crippen LogP contribution in [0.1, 0.15) is 74.3 Å². The molecule has 1 N–H and O–H groups in total. The van der Waals surface area contributed by atoms with E-state index < -0.39 is 0 Å². The quantitative estimate of drug-likeness (QED) is 0.288. The number of hydrogen-bond donors (Lipinski definition) is 1. The van der Waals surface area contributed by atoms with Crippen LogP contribution in [0.4, 0.5) is 0 Å².